The molecule has 2 aromatic carbocycles. The summed E-state index contributed by atoms with van der Waals surface area (Å²) < 4.78 is 11.1. The zero-order valence-electron chi connectivity index (χ0n) is 15.0. The number of ether oxygens (including phenoxy) is 2. The van der Waals surface area contributed by atoms with Crippen molar-refractivity contribution in [2.45, 2.75) is 12.8 Å². The summed E-state index contributed by atoms with van der Waals surface area (Å²) in [5, 5.41) is 0.874. The minimum absolute atomic E-state index is 0.0593. The standard InChI is InChI=1S/C19H17BrCl2N2O5/c20-13-5-3-12(4-6-13)19(27)24-23-17(25)11-29-18(26)2-1-9-28-16-8-7-14(21)10-15(16)22/h3-8,10H,1-2,9,11H2,(H,23,25)(H,24,27). The van der Waals surface area contributed by atoms with Crippen LogP contribution in [0.4, 0.5) is 0 Å². The monoisotopic (exact) mass is 502 g/mol. The Labute approximate surface area is 185 Å². The first-order chi connectivity index (χ1) is 13.8. The highest BCUT2D eigenvalue weighted by atomic mass is 79.9. The van der Waals surface area contributed by atoms with E-state index in [0.717, 1.165) is 4.47 Å². The van der Waals surface area contributed by atoms with Gasteiger partial charge in [-0.25, -0.2) is 0 Å². The van der Waals surface area contributed by atoms with Gasteiger partial charge in [-0.3, -0.25) is 25.2 Å². The molecule has 0 spiro atoms. The lowest BCUT2D eigenvalue weighted by Gasteiger charge is -2.09. The minimum atomic E-state index is -0.659. The van der Waals surface area contributed by atoms with Gasteiger partial charge in [0.15, 0.2) is 6.61 Å². The third-order valence-electron chi connectivity index (χ3n) is 3.46. The normalized spacial score (nSPS) is 10.2. The Bertz CT molecular complexity index is 877. The van der Waals surface area contributed by atoms with E-state index in [4.69, 9.17) is 32.7 Å². The molecule has 2 N–H and O–H groups in total. The molecular weight excluding hydrogens is 487 g/mol. The van der Waals surface area contributed by atoms with Crippen LogP contribution in [0.25, 0.3) is 0 Å². The van der Waals surface area contributed by atoms with Gasteiger partial charge in [0.05, 0.1) is 11.6 Å². The highest BCUT2D eigenvalue weighted by Gasteiger charge is 2.10. The molecule has 2 aromatic rings. The van der Waals surface area contributed by atoms with Crippen LogP contribution in [0, 0.1) is 0 Å². The van der Waals surface area contributed by atoms with Crippen molar-refractivity contribution in [2.75, 3.05) is 13.2 Å². The Morgan fingerprint density at radius 2 is 1.72 bits per heavy atom. The second kappa shape index (κ2) is 11.6. The molecule has 0 saturated heterocycles. The third-order valence-corrected chi connectivity index (χ3v) is 4.52. The van der Waals surface area contributed by atoms with E-state index in [0.29, 0.717) is 27.8 Å². The molecular formula is C19H17BrCl2N2O5. The minimum Gasteiger partial charge on any atom is -0.492 e. The van der Waals surface area contributed by atoms with Crippen molar-refractivity contribution in [3.05, 3.63) is 62.5 Å². The van der Waals surface area contributed by atoms with Crippen LogP contribution < -0.4 is 15.6 Å². The SMILES string of the molecule is O=C(COC(=O)CCCOc1ccc(Cl)cc1Cl)NNC(=O)c1ccc(Br)cc1. The van der Waals surface area contributed by atoms with Crippen LogP contribution in [0.1, 0.15) is 23.2 Å². The first kappa shape index (κ1) is 23.0. The summed E-state index contributed by atoms with van der Waals surface area (Å²) in [6.07, 6.45) is 0.434. The van der Waals surface area contributed by atoms with Gasteiger partial charge in [0.2, 0.25) is 0 Å². The van der Waals surface area contributed by atoms with Crippen molar-refractivity contribution in [1.82, 2.24) is 10.9 Å². The van der Waals surface area contributed by atoms with Gasteiger partial charge < -0.3 is 9.47 Å². The smallest absolute Gasteiger partial charge is 0.306 e. The number of benzene rings is 2. The average Bonchev–Trinajstić information content (AvgIpc) is 2.69. The summed E-state index contributed by atoms with van der Waals surface area (Å²) in [4.78, 5) is 35.2. The maximum absolute atomic E-state index is 11.9. The second-order valence-corrected chi connectivity index (χ2v) is 7.46. The zero-order chi connectivity index (χ0) is 21.2. The fourth-order valence-electron chi connectivity index (χ4n) is 2.05. The summed E-state index contributed by atoms with van der Waals surface area (Å²) >= 11 is 15.0. The molecule has 0 aliphatic carbocycles. The van der Waals surface area contributed by atoms with Crippen molar-refractivity contribution in [3.8, 4) is 5.75 Å². The molecule has 0 aliphatic rings. The summed E-state index contributed by atoms with van der Waals surface area (Å²) in [6.45, 7) is -0.269. The predicted molar refractivity (Wildman–Crippen MR) is 112 cm³/mol. The number of amides is 2. The molecule has 0 unspecified atom stereocenters. The number of carbonyl (C=O) groups excluding carboxylic acids is 3. The van der Waals surface area contributed by atoms with Crippen molar-refractivity contribution in [3.63, 3.8) is 0 Å². The van der Waals surface area contributed by atoms with Crippen LogP contribution in [0.5, 0.6) is 5.75 Å². The van der Waals surface area contributed by atoms with Crippen LogP contribution in [0.2, 0.25) is 10.0 Å². The number of nitrogens with one attached hydrogen (secondary N) is 2. The molecule has 0 fully saturated rings. The molecule has 2 amide bonds. The van der Waals surface area contributed by atoms with Crippen LogP contribution in [-0.4, -0.2) is 31.0 Å². The van der Waals surface area contributed by atoms with Crippen molar-refractivity contribution in [1.29, 1.82) is 0 Å². The number of hydrazine groups is 1. The highest BCUT2D eigenvalue weighted by Crippen LogP contribution is 2.27. The second-order valence-electron chi connectivity index (χ2n) is 5.70. The van der Waals surface area contributed by atoms with E-state index in [1.54, 1.807) is 42.5 Å². The van der Waals surface area contributed by atoms with Gasteiger partial charge in [-0.05, 0) is 48.9 Å². The average molecular weight is 504 g/mol. The van der Waals surface area contributed by atoms with Crippen molar-refractivity contribution < 1.29 is 23.9 Å². The predicted octanol–water partition coefficient (Wildman–Crippen LogP) is 3.92. The van der Waals surface area contributed by atoms with Crippen LogP contribution in [0.15, 0.2) is 46.9 Å². The molecule has 0 heterocycles. The quantitative estimate of drug-likeness (QED) is 0.323. The van der Waals surface area contributed by atoms with E-state index in [2.05, 4.69) is 26.8 Å². The molecule has 7 nitrogen and oxygen atoms in total. The summed E-state index contributed by atoms with van der Waals surface area (Å²) in [5.41, 5.74) is 4.77. The molecule has 2 rings (SSSR count). The lowest BCUT2D eigenvalue weighted by atomic mass is 10.2. The Hall–Kier alpha value is -2.29. The van der Waals surface area contributed by atoms with Crippen LogP contribution in [0.3, 0.4) is 0 Å². The number of esters is 1. The Kier molecular flexibility index (Phi) is 9.24. The first-order valence-corrected chi connectivity index (χ1v) is 9.98. The molecule has 10 heteroatoms. The van der Waals surface area contributed by atoms with Gasteiger partial charge in [-0.2, -0.15) is 0 Å². The Morgan fingerprint density at radius 1 is 1.00 bits per heavy atom. The maximum atomic E-state index is 11.9. The molecule has 0 aliphatic heterocycles. The molecule has 0 aromatic heterocycles. The molecule has 0 saturated carbocycles. The van der Waals surface area contributed by atoms with Gasteiger partial charge in [0, 0.05) is 21.5 Å². The number of hydrogen-bond donors (Lipinski definition) is 2. The maximum Gasteiger partial charge on any atom is 0.306 e. The summed E-state index contributed by atoms with van der Waals surface area (Å²) in [6, 6.07) is 11.4. The van der Waals surface area contributed by atoms with Gasteiger partial charge in [0.25, 0.3) is 11.8 Å². The topological polar surface area (TPSA) is 93.7 Å². The lowest BCUT2D eigenvalue weighted by Crippen LogP contribution is -2.43. The molecule has 0 bridgehead atoms. The van der Waals surface area contributed by atoms with E-state index >= 15 is 0 Å². The van der Waals surface area contributed by atoms with Crippen molar-refractivity contribution >= 4 is 56.9 Å². The molecule has 0 radical (unpaired) electrons. The largest absolute Gasteiger partial charge is 0.492 e. The van der Waals surface area contributed by atoms with Gasteiger partial charge >= 0.3 is 5.97 Å². The molecule has 154 valence electrons. The number of halogens is 3. The molecule has 29 heavy (non-hydrogen) atoms. The third kappa shape index (κ3) is 8.31. The number of hydrogen-bond acceptors (Lipinski definition) is 5. The highest BCUT2D eigenvalue weighted by molar-refractivity contribution is 9.10. The van der Waals surface area contributed by atoms with Gasteiger partial charge in [-0.15, -0.1) is 0 Å². The summed E-state index contributed by atoms with van der Waals surface area (Å²) in [7, 11) is 0. The van der Waals surface area contributed by atoms with E-state index in [9.17, 15) is 14.4 Å². The van der Waals surface area contributed by atoms with E-state index in [1.165, 1.54) is 0 Å². The number of rotatable bonds is 8. The number of carbonyl (C=O) groups is 3. The van der Waals surface area contributed by atoms with Gasteiger partial charge in [-0.1, -0.05) is 39.1 Å². The fraction of sp³-hybridized carbons (Fsp3) is 0.211. The van der Waals surface area contributed by atoms with Crippen LogP contribution in [-0.2, 0) is 14.3 Å². The zero-order valence-corrected chi connectivity index (χ0v) is 18.1. The van der Waals surface area contributed by atoms with E-state index in [1.807, 2.05) is 0 Å². The lowest BCUT2D eigenvalue weighted by molar-refractivity contribution is -0.148. The van der Waals surface area contributed by atoms with Crippen molar-refractivity contribution in [2.24, 2.45) is 0 Å². The Morgan fingerprint density at radius 3 is 2.41 bits per heavy atom. The van der Waals surface area contributed by atoms with Gasteiger partial charge in [0.1, 0.15) is 5.75 Å². The Balaban J connectivity index is 1.60. The first-order valence-electron chi connectivity index (χ1n) is 8.43. The van der Waals surface area contributed by atoms with E-state index < -0.39 is 24.4 Å². The fourth-order valence-corrected chi connectivity index (χ4v) is 2.77. The van der Waals surface area contributed by atoms with Crippen LogP contribution >= 0.6 is 39.1 Å². The van der Waals surface area contributed by atoms with E-state index in [-0.39, 0.29) is 13.0 Å². The molecule has 0 atom stereocenters. The summed E-state index contributed by atoms with van der Waals surface area (Å²) in [5.74, 6) is -1.25.